The van der Waals surface area contributed by atoms with E-state index in [-0.39, 0.29) is 17.0 Å². The smallest absolute Gasteiger partial charge is 0.269 e. The highest BCUT2D eigenvalue weighted by Gasteiger charge is 2.16. The number of carbonyl (C=O) groups excluding carboxylic acids is 1. The number of nitrogens with two attached hydrogens (primary N) is 1. The van der Waals surface area contributed by atoms with Crippen LogP contribution in [0.2, 0.25) is 5.02 Å². The van der Waals surface area contributed by atoms with Gasteiger partial charge >= 0.3 is 0 Å². The number of fused-ring (bicyclic) bond motifs is 1. The number of nitriles is 1. The summed E-state index contributed by atoms with van der Waals surface area (Å²) in [6.07, 6.45) is 2.59. The van der Waals surface area contributed by atoms with Crippen molar-refractivity contribution in [3.05, 3.63) is 75.2 Å². The molecule has 0 saturated heterocycles. The lowest BCUT2D eigenvalue weighted by molar-refractivity contribution is -0.114. The third-order valence-electron chi connectivity index (χ3n) is 3.44. The molecule has 0 saturated carbocycles. The number of aromatic nitrogens is 2. The Morgan fingerprint density at radius 2 is 2.00 bits per heavy atom. The Labute approximate surface area is 152 Å². The SMILES string of the molecule is N#CC(=Cc1c(Oc2ccc(Cl)cc2)nc2ccccn2c1=O)C(N)=O. The summed E-state index contributed by atoms with van der Waals surface area (Å²) in [6, 6.07) is 13.1. The van der Waals surface area contributed by atoms with Crippen molar-refractivity contribution in [2.75, 3.05) is 0 Å². The Balaban J connectivity index is 2.24. The molecule has 7 nitrogen and oxygen atoms in total. The molecule has 0 atom stereocenters. The first kappa shape index (κ1) is 17.2. The Hall–Kier alpha value is -3.63. The zero-order valence-corrected chi connectivity index (χ0v) is 14.0. The van der Waals surface area contributed by atoms with Crippen LogP contribution in [0.25, 0.3) is 11.7 Å². The molecule has 0 aliphatic rings. The number of carbonyl (C=O) groups is 1. The molecule has 0 radical (unpaired) electrons. The second-order valence-corrected chi connectivity index (χ2v) is 5.59. The summed E-state index contributed by atoms with van der Waals surface area (Å²) in [5.74, 6) is -0.631. The second kappa shape index (κ2) is 7.09. The van der Waals surface area contributed by atoms with Gasteiger partial charge in [0.1, 0.15) is 28.6 Å². The van der Waals surface area contributed by atoms with E-state index in [4.69, 9.17) is 27.3 Å². The van der Waals surface area contributed by atoms with Gasteiger partial charge in [0.2, 0.25) is 5.88 Å². The Kier molecular flexibility index (Phi) is 4.69. The van der Waals surface area contributed by atoms with Crippen molar-refractivity contribution in [2.24, 2.45) is 5.73 Å². The summed E-state index contributed by atoms with van der Waals surface area (Å²) in [5, 5.41) is 9.59. The van der Waals surface area contributed by atoms with E-state index in [1.165, 1.54) is 10.6 Å². The molecule has 2 heterocycles. The van der Waals surface area contributed by atoms with Crippen LogP contribution >= 0.6 is 11.6 Å². The first-order chi connectivity index (χ1) is 12.5. The van der Waals surface area contributed by atoms with E-state index in [0.29, 0.717) is 16.4 Å². The molecule has 8 heteroatoms. The zero-order valence-electron chi connectivity index (χ0n) is 13.2. The molecule has 2 N–H and O–H groups in total. The van der Waals surface area contributed by atoms with Crippen molar-refractivity contribution in [2.45, 2.75) is 0 Å². The van der Waals surface area contributed by atoms with Gasteiger partial charge in [-0.3, -0.25) is 14.0 Å². The fraction of sp³-hybridized carbons (Fsp3) is 0. The number of amides is 1. The third kappa shape index (κ3) is 3.41. The first-order valence-electron chi connectivity index (χ1n) is 7.36. The summed E-state index contributed by atoms with van der Waals surface area (Å²) in [5.41, 5.74) is 4.54. The number of halogens is 1. The Morgan fingerprint density at radius 3 is 2.65 bits per heavy atom. The molecule has 0 fully saturated rings. The highest BCUT2D eigenvalue weighted by atomic mass is 35.5. The highest BCUT2D eigenvalue weighted by molar-refractivity contribution is 6.30. The van der Waals surface area contributed by atoms with Gasteiger partial charge in [-0.2, -0.15) is 10.2 Å². The van der Waals surface area contributed by atoms with E-state index in [2.05, 4.69) is 4.98 Å². The number of nitrogens with zero attached hydrogens (tertiary/aromatic N) is 3. The number of hydrogen-bond donors (Lipinski definition) is 1. The normalized spacial score (nSPS) is 11.2. The average Bonchev–Trinajstić information content (AvgIpc) is 2.63. The molecule has 26 heavy (non-hydrogen) atoms. The van der Waals surface area contributed by atoms with Gasteiger partial charge in [-0.25, -0.2) is 0 Å². The van der Waals surface area contributed by atoms with E-state index in [1.807, 2.05) is 0 Å². The van der Waals surface area contributed by atoms with Gasteiger partial charge in [-0.1, -0.05) is 17.7 Å². The highest BCUT2D eigenvalue weighted by Crippen LogP contribution is 2.25. The number of primary amides is 1. The van der Waals surface area contributed by atoms with Gasteiger partial charge in [0.15, 0.2) is 0 Å². The van der Waals surface area contributed by atoms with Crippen LogP contribution in [0.15, 0.2) is 59.0 Å². The second-order valence-electron chi connectivity index (χ2n) is 5.15. The molecule has 0 aliphatic heterocycles. The summed E-state index contributed by atoms with van der Waals surface area (Å²) in [7, 11) is 0. The predicted molar refractivity (Wildman–Crippen MR) is 95.8 cm³/mol. The quantitative estimate of drug-likeness (QED) is 0.563. The zero-order chi connectivity index (χ0) is 18.7. The lowest BCUT2D eigenvalue weighted by Gasteiger charge is -2.10. The minimum Gasteiger partial charge on any atom is -0.438 e. The van der Waals surface area contributed by atoms with E-state index >= 15 is 0 Å². The summed E-state index contributed by atoms with van der Waals surface area (Å²) < 4.78 is 6.96. The van der Waals surface area contributed by atoms with Crippen molar-refractivity contribution in [3.8, 4) is 17.7 Å². The fourth-order valence-corrected chi connectivity index (χ4v) is 2.33. The molecule has 2 aromatic heterocycles. The molecular weight excluding hydrogens is 356 g/mol. The standard InChI is InChI=1S/C18H11ClN4O3/c19-12-4-6-13(7-5-12)26-17-14(9-11(10-20)16(21)24)18(25)23-8-2-1-3-15(23)22-17/h1-9H,(H2,21,24). The van der Waals surface area contributed by atoms with Crippen molar-refractivity contribution in [3.63, 3.8) is 0 Å². The average molecular weight is 367 g/mol. The minimum absolute atomic E-state index is 0.0578. The topological polar surface area (TPSA) is 110 Å². The van der Waals surface area contributed by atoms with Gasteiger partial charge in [0.05, 0.1) is 0 Å². The molecule has 0 unspecified atom stereocenters. The van der Waals surface area contributed by atoms with Gasteiger partial charge in [0, 0.05) is 11.2 Å². The Morgan fingerprint density at radius 1 is 1.27 bits per heavy atom. The van der Waals surface area contributed by atoms with Crippen LogP contribution in [0, 0.1) is 11.3 Å². The van der Waals surface area contributed by atoms with E-state index in [0.717, 1.165) is 6.08 Å². The lowest BCUT2D eigenvalue weighted by atomic mass is 10.2. The minimum atomic E-state index is -0.956. The number of benzene rings is 1. The molecule has 1 amide bonds. The molecule has 3 aromatic rings. The molecule has 0 bridgehead atoms. The number of pyridine rings is 1. The van der Waals surface area contributed by atoms with Crippen molar-refractivity contribution in [1.29, 1.82) is 5.26 Å². The predicted octanol–water partition coefficient (Wildman–Crippen LogP) is 2.53. The molecule has 1 aromatic carbocycles. The monoisotopic (exact) mass is 366 g/mol. The van der Waals surface area contributed by atoms with Crippen LogP contribution < -0.4 is 16.0 Å². The summed E-state index contributed by atoms with van der Waals surface area (Å²) in [4.78, 5) is 28.4. The maximum atomic E-state index is 12.8. The summed E-state index contributed by atoms with van der Waals surface area (Å²) in [6.45, 7) is 0. The van der Waals surface area contributed by atoms with Crippen LogP contribution in [0.5, 0.6) is 11.6 Å². The number of ether oxygens (including phenoxy) is 1. The fourth-order valence-electron chi connectivity index (χ4n) is 2.20. The van der Waals surface area contributed by atoms with Gasteiger partial charge < -0.3 is 10.5 Å². The van der Waals surface area contributed by atoms with Crippen LogP contribution in [-0.4, -0.2) is 15.3 Å². The number of rotatable bonds is 4. The van der Waals surface area contributed by atoms with E-state index in [9.17, 15) is 9.59 Å². The lowest BCUT2D eigenvalue weighted by Crippen LogP contribution is -2.20. The van der Waals surface area contributed by atoms with Crippen molar-refractivity contribution >= 4 is 29.2 Å². The van der Waals surface area contributed by atoms with Crippen LogP contribution in [0.4, 0.5) is 0 Å². The first-order valence-corrected chi connectivity index (χ1v) is 7.74. The van der Waals surface area contributed by atoms with Gasteiger partial charge in [-0.15, -0.1) is 0 Å². The molecule has 0 spiro atoms. The van der Waals surface area contributed by atoms with Gasteiger partial charge in [-0.05, 0) is 42.5 Å². The third-order valence-corrected chi connectivity index (χ3v) is 3.69. The molecule has 3 rings (SSSR count). The van der Waals surface area contributed by atoms with E-state index < -0.39 is 11.5 Å². The van der Waals surface area contributed by atoms with Crippen LogP contribution in [0.1, 0.15) is 5.56 Å². The van der Waals surface area contributed by atoms with Crippen LogP contribution in [-0.2, 0) is 4.79 Å². The van der Waals surface area contributed by atoms with Gasteiger partial charge in [0.25, 0.3) is 11.5 Å². The molecule has 128 valence electrons. The molecular formula is C18H11ClN4O3. The van der Waals surface area contributed by atoms with Crippen molar-refractivity contribution in [1.82, 2.24) is 9.38 Å². The van der Waals surface area contributed by atoms with E-state index in [1.54, 1.807) is 48.5 Å². The summed E-state index contributed by atoms with van der Waals surface area (Å²) >= 11 is 5.85. The van der Waals surface area contributed by atoms with Crippen molar-refractivity contribution < 1.29 is 9.53 Å². The molecule has 0 aliphatic carbocycles. The Bertz CT molecular complexity index is 1130. The number of hydrogen-bond acceptors (Lipinski definition) is 5. The van der Waals surface area contributed by atoms with Crippen LogP contribution in [0.3, 0.4) is 0 Å². The largest absolute Gasteiger partial charge is 0.438 e. The maximum absolute atomic E-state index is 12.8. The maximum Gasteiger partial charge on any atom is 0.269 e.